The van der Waals surface area contributed by atoms with E-state index in [0.29, 0.717) is 0 Å². The van der Waals surface area contributed by atoms with E-state index in [0.717, 1.165) is 23.5 Å². The summed E-state index contributed by atoms with van der Waals surface area (Å²) in [4.78, 5) is 0. The molecule has 0 aliphatic heterocycles. The van der Waals surface area contributed by atoms with Gasteiger partial charge in [0.15, 0.2) is 0 Å². The summed E-state index contributed by atoms with van der Waals surface area (Å²) in [5.74, 6) is -1.48. The Bertz CT molecular complexity index is 541. The van der Waals surface area contributed by atoms with Gasteiger partial charge in [0.1, 0.15) is 17.7 Å². The lowest BCUT2D eigenvalue weighted by Gasteiger charge is -2.17. The van der Waals surface area contributed by atoms with Crippen molar-refractivity contribution in [1.82, 2.24) is 4.68 Å². The summed E-state index contributed by atoms with van der Waals surface area (Å²) >= 11 is 0. The number of benzene rings is 1. The van der Waals surface area contributed by atoms with E-state index in [2.05, 4.69) is 5.43 Å². The molecular weight excluding hydrogens is 250 g/mol. The monoisotopic (exact) mass is 266 g/mol. The number of nitrogens with zero attached hydrogens (tertiary/aromatic N) is 1. The van der Waals surface area contributed by atoms with Crippen LogP contribution in [0.4, 0.5) is 8.78 Å². The second kappa shape index (κ2) is 5.40. The first-order valence-electron chi connectivity index (χ1n) is 6.01. The first-order valence-corrected chi connectivity index (χ1v) is 6.01. The highest BCUT2D eigenvalue weighted by molar-refractivity contribution is 5.23. The van der Waals surface area contributed by atoms with Crippen LogP contribution >= 0.6 is 0 Å². The second-order valence-electron chi connectivity index (χ2n) is 4.46. The smallest absolute Gasteiger partial charge is 0.132 e. The van der Waals surface area contributed by atoms with Gasteiger partial charge in [-0.1, -0.05) is 6.07 Å². The van der Waals surface area contributed by atoms with E-state index in [9.17, 15) is 13.9 Å². The molecule has 0 bridgehead atoms. The number of aliphatic hydroxyl groups is 1. The van der Waals surface area contributed by atoms with Crippen LogP contribution in [0.15, 0.2) is 30.3 Å². The Hall–Kier alpha value is -1.88. The quantitative estimate of drug-likeness (QED) is 0.892. The first-order chi connectivity index (χ1) is 9.00. The van der Waals surface area contributed by atoms with Gasteiger partial charge in [0, 0.05) is 11.4 Å². The summed E-state index contributed by atoms with van der Waals surface area (Å²) in [5.41, 5.74) is 4.55. The lowest BCUT2D eigenvalue weighted by Crippen LogP contribution is -2.24. The highest BCUT2D eigenvalue weighted by Crippen LogP contribution is 2.20. The highest BCUT2D eigenvalue weighted by Gasteiger charge is 2.17. The molecule has 0 aliphatic carbocycles. The van der Waals surface area contributed by atoms with Crippen LogP contribution in [0, 0.1) is 25.5 Å². The summed E-state index contributed by atoms with van der Waals surface area (Å²) in [6.45, 7) is 3.82. The molecule has 0 aliphatic rings. The fourth-order valence-electron chi connectivity index (χ4n) is 2.03. The number of hydrogen-bond donors (Lipinski definition) is 2. The maximum atomic E-state index is 13.5. The zero-order chi connectivity index (χ0) is 14.0. The number of halogens is 2. The van der Waals surface area contributed by atoms with Gasteiger partial charge in [-0.3, -0.25) is 4.68 Å². The molecule has 19 heavy (non-hydrogen) atoms. The van der Waals surface area contributed by atoms with Crippen molar-refractivity contribution in [2.45, 2.75) is 20.0 Å². The summed E-state index contributed by atoms with van der Waals surface area (Å²) < 4.78 is 28.7. The molecule has 2 N–H and O–H groups in total. The van der Waals surface area contributed by atoms with E-state index < -0.39 is 17.7 Å². The molecule has 3 nitrogen and oxygen atoms in total. The van der Waals surface area contributed by atoms with E-state index >= 15 is 0 Å². The molecule has 0 spiro atoms. The summed E-state index contributed by atoms with van der Waals surface area (Å²) in [7, 11) is 0. The van der Waals surface area contributed by atoms with Crippen molar-refractivity contribution >= 4 is 0 Å². The Morgan fingerprint density at radius 3 is 2.16 bits per heavy atom. The van der Waals surface area contributed by atoms with Gasteiger partial charge in [-0.15, -0.1) is 0 Å². The molecule has 1 aromatic carbocycles. The van der Waals surface area contributed by atoms with Gasteiger partial charge in [0.05, 0.1) is 12.1 Å². The SMILES string of the molecule is Cc1ccc(C)n1NCC(O)c1c(F)cccc1F. The van der Waals surface area contributed by atoms with E-state index in [-0.39, 0.29) is 12.1 Å². The standard InChI is InChI=1S/C14H16F2N2O/c1-9-6-7-10(2)18(9)17-8-13(19)14-11(15)4-3-5-12(14)16/h3-7,13,17,19H,8H2,1-2H3. The van der Waals surface area contributed by atoms with Crippen LogP contribution in [0.3, 0.4) is 0 Å². The van der Waals surface area contributed by atoms with Gasteiger partial charge in [-0.25, -0.2) is 8.78 Å². The van der Waals surface area contributed by atoms with Crippen molar-refractivity contribution < 1.29 is 13.9 Å². The third kappa shape index (κ3) is 2.76. The van der Waals surface area contributed by atoms with Gasteiger partial charge in [-0.2, -0.15) is 0 Å². The molecule has 102 valence electrons. The molecule has 1 aromatic heterocycles. The van der Waals surface area contributed by atoms with Crippen LogP contribution in [0.5, 0.6) is 0 Å². The molecule has 2 rings (SSSR count). The van der Waals surface area contributed by atoms with E-state index in [1.165, 1.54) is 6.07 Å². The zero-order valence-electron chi connectivity index (χ0n) is 10.8. The molecule has 5 heteroatoms. The maximum absolute atomic E-state index is 13.5. The Labute approximate surface area is 110 Å². The van der Waals surface area contributed by atoms with Crippen molar-refractivity contribution in [2.24, 2.45) is 0 Å². The highest BCUT2D eigenvalue weighted by atomic mass is 19.1. The van der Waals surface area contributed by atoms with Crippen LogP contribution in [0.2, 0.25) is 0 Å². The molecule has 1 unspecified atom stereocenters. The minimum Gasteiger partial charge on any atom is -0.386 e. The summed E-state index contributed by atoms with van der Waals surface area (Å²) in [6.07, 6.45) is -1.25. The number of aromatic nitrogens is 1. The molecule has 0 radical (unpaired) electrons. The van der Waals surface area contributed by atoms with Crippen LogP contribution in [0.1, 0.15) is 23.1 Å². The van der Waals surface area contributed by atoms with Crippen molar-refractivity contribution in [3.63, 3.8) is 0 Å². The number of aryl methyl sites for hydroxylation is 2. The number of nitrogens with one attached hydrogen (secondary N) is 1. The van der Waals surface area contributed by atoms with Gasteiger partial charge < -0.3 is 10.5 Å². The fraction of sp³-hybridized carbons (Fsp3) is 0.286. The maximum Gasteiger partial charge on any atom is 0.132 e. The third-order valence-electron chi connectivity index (χ3n) is 3.05. The lowest BCUT2D eigenvalue weighted by atomic mass is 10.1. The lowest BCUT2D eigenvalue weighted by molar-refractivity contribution is 0.177. The third-order valence-corrected chi connectivity index (χ3v) is 3.05. The normalized spacial score (nSPS) is 12.5. The molecule has 1 heterocycles. The Morgan fingerprint density at radius 2 is 1.63 bits per heavy atom. The number of hydrogen-bond acceptors (Lipinski definition) is 2. The Morgan fingerprint density at radius 1 is 1.11 bits per heavy atom. The van der Waals surface area contributed by atoms with Crippen LogP contribution < -0.4 is 5.43 Å². The largest absolute Gasteiger partial charge is 0.386 e. The Balaban J connectivity index is 2.12. The first kappa shape index (κ1) is 13.5. The van der Waals surface area contributed by atoms with Gasteiger partial charge in [-0.05, 0) is 38.1 Å². The fourth-order valence-corrected chi connectivity index (χ4v) is 2.03. The van der Waals surface area contributed by atoms with Crippen molar-refractivity contribution in [3.8, 4) is 0 Å². The average Bonchev–Trinajstić information content (AvgIpc) is 2.66. The molecule has 2 aromatic rings. The molecule has 1 atom stereocenters. The summed E-state index contributed by atoms with van der Waals surface area (Å²) in [6, 6.07) is 7.37. The molecule has 0 saturated heterocycles. The topological polar surface area (TPSA) is 37.2 Å². The number of rotatable bonds is 4. The molecule has 0 saturated carbocycles. The molecule has 0 amide bonds. The predicted molar refractivity (Wildman–Crippen MR) is 69.5 cm³/mol. The van der Waals surface area contributed by atoms with Crippen LogP contribution in [0.25, 0.3) is 0 Å². The van der Waals surface area contributed by atoms with Crippen molar-refractivity contribution in [3.05, 3.63) is 58.9 Å². The number of aliphatic hydroxyl groups excluding tert-OH is 1. The van der Waals surface area contributed by atoms with Crippen molar-refractivity contribution in [1.29, 1.82) is 0 Å². The average molecular weight is 266 g/mol. The minimum atomic E-state index is -1.25. The van der Waals surface area contributed by atoms with Gasteiger partial charge in [0.2, 0.25) is 0 Å². The Kier molecular flexibility index (Phi) is 3.85. The zero-order valence-corrected chi connectivity index (χ0v) is 10.8. The van der Waals surface area contributed by atoms with E-state index in [4.69, 9.17) is 0 Å². The van der Waals surface area contributed by atoms with Crippen LogP contribution in [-0.2, 0) is 0 Å². The van der Waals surface area contributed by atoms with Gasteiger partial charge >= 0.3 is 0 Å². The van der Waals surface area contributed by atoms with Crippen molar-refractivity contribution in [2.75, 3.05) is 12.0 Å². The van der Waals surface area contributed by atoms with Crippen LogP contribution in [-0.4, -0.2) is 16.3 Å². The summed E-state index contributed by atoms with van der Waals surface area (Å²) in [5, 5.41) is 9.91. The molecular formula is C14H16F2N2O. The minimum absolute atomic E-state index is 0.0220. The molecule has 0 fully saturated rings. The van der Waals surface area contributed by atoms with E-state index in [1.807, 2.05) is 26.0 Å². The predicted octanol–water partition coefficient (Wildman–Crippen LogP) is 2.66. The van der Waals surface area contributed by atoms with Gasteiger partial charge in [0.25, 0.3) is 0 Å². The van der Waals surface area contributed by atoms with E-state index in [1.54, 1.807) is 4.68 Å². The second-order valence-corrected chi connectivity index (χ2v) is 4.46.